The van der Waals surface area contributed by atoms with Crippen LogP contribution in [0, 0.1) is 5.92 Å². The van der Waals surface area contributed by atoms with Crippen molar-refractivity contribution in [1.29, 1.82) is 0 Å². The average Bonchev–Trinajstić information content (AvgIpc) is 2.95. The van der Waals surface area contributed by atoms with Crippen LogP contribution in [-0.4, -0.2) is 62.3 Å². The summed E-state index contributed by atoms with van der Waals surface area (Å²) < 4.78 is 11.1. The van der Waals surface area contributed by atoms with Crippen molar-refractivity contribution in [1.82, 2.24) is 4.90 Å². The second kappa shape index (κ2) is 10.8. The molecule has 3 aromatic carbocycles. The number of piperazine rings is 1. The minimum absolute atomic E-state index is 0.514. The lowest BCUT2D eigenvalue weighted by atomic mass is 9.90. The van der Waals surface area contributed by atoms with Gasteiger partial charge in [-0.25, -0.2) is 4.99 Å². The van der Waals surface area contributed by atoms with Gasteiger partial charge in [-0.1, -0.05) is 35.9 Å². The molecule has 8 nitrogen and oxygen atoms in total. The summed E-state index contributed by atoms with van der Waals surface area (Å²) in [6.45, 7) is 4.68. The van der Waals surface area contributed by atoms with E-state index in [4.69, 9.17) is 26.1 Å². The van der Waals surface area contributed by atoms with Gasteiger partial charge < -0.3 is 29.3 Å². The minimum atomic E-state index is -0.889. The number of halogens is 1. The van der Waals surface area contributed by atoms with Crippen LogP contribution in [0.2, 0.25) is 5.02 Å². The van der Waals surface area contributed by atoms with Crippen LogP contribution in [-0.2, 0) is 4.79 Å². The van der Waals surface area contributed by atoms with Crippen molar-refractivity contribution in [2.45, 2.75) is 13.0 Å². The first-order chi connectivity index (χ1) is 18.4. The van der Waals surface area contributed by atoms with Gasteiger partial charge in [0.05, 0.1) is 37.6 Å². The van der Waals surface area contributed by atoms with E-state index in [-0.39, 0.29) is 0 Å². The van der Waals surface area contributed by atoms with Crippen molar-refractivity contribution in [2.75, 3.05) is 50.2 Å². The summed E-state index contributed by atoms with van der Waals surface area (Å²) in [6, 6.07) is 20.7. The van der Waals surface area contributed by atoms with Crippen LogP contribution < -0.4 is 19.3 Å². The lowest BCUT2D eigenvalue weighted by Gasteiger charge is -2.46. The molecule has 3 aromatic rings. The Morgan fingerprint density at radius 3 is 2.42 bits per heavy atom. The number of methoxy groups -OCH3 is 2. The van der Waals surface area contributed by atoms with Crippen LogP contribution in [0.25, 0.3) is 0 Å². The number of anilines is 2. The van der Waals surface area contributed by atoms with E-state index < -0.39 is 17.9 Å². The summed E-state index contributed by atoms with van der Waals surface area (Å²) in [5, 5.41) is 10.7. The fourth-order valence-corrected chi connectivity index (χ4v) is 5.36. The Labute approximate surface area is 227 Å². The van der Waals surface area contributed by atoms with E-state index >= 15 is 0 Å². The van der Waals surface area contributed by atoms with Gasteiger partial charge >= 0.3 is 5.97 Å². The number of aliphatic carboxylic acids is 1. The topological polar surface area (TPSA) is 77.8 Å². The third-order valence-corrected chi connectivity index (χ3v) is 7.45. The van der Waals surface area contributed by atoms with E-state index in [1.54, 1.807) is 33.3 Å². The van der Waals surface area contributed by atoms with Gasteiger partial charge in [-0.05, 0) is 43.3 Å². The van der Waals surface area contributed by atoms with Gasteiger partial charge in [-0.15, -0.1) is 0 Å². The highest BCUT2D eigenvalue weighted by Crippen LogP contribution is 2.46. The standard InChI is InChI=1S/C29H31ClN4O4/c1-19(28(35)36)27-23-9-4-5-10-24(23)31-29(34(27)25-17-20(30)11-12-26(25)38-3)33-15-13-32(14-16-33)21-7-6-8-22(18-21)37-2/h4-12,17-19,27H,13-16H2,1-3H3,(H,35,36). The molecule has 0 spiro atoms. The van der Waals surface area contributed by atoms with Gasteiger partial charge in [0, 0.05) is 48.5 Å². The molecule has 2 aliphatic rings. The predicted octanol–water partition coefficient (Wildman–Crippen LogP) is 5.45. The molecule has 0 radical (unpaired) electrons. The average molecular weight is 535 g/mol. The highest BCUT2D eigenvalue weighted by Gasteiger charge is 2.41. The summed E-state index contributed by atoms with van der Waals surface area (Å²) >= 11 is 6.46. The molecule has 2 unspecified atom stereocenters. The fourth-order valence-electron chi connectivity index (χ4n) is 5.20. The number of benzene rings is 3. The Kier molecular flexibility index (Phi) is 7.33. The second-order valence-electron chi connectivity index (χ2n) is 9.40. The first kappa shape index (κ1) is 25.7. The van der Waals surface area contributed by atoms with Gasteiger partial charge in [0.15, 0.2) is 0 Å². The summed E-state index contributed by atoms with van der Waals surface area (Å²) in [5.74, 6) is 0.484. The molecule has 2 atom stereocenters. The number of para-hydroxylation sites is 1. The van der Waals surface area contributed by atoms with Crippen LogP contribution in [0.1, 0.15) is 18.5 Å². The molecule has 0 saturated carbocycles. The van der Waals surface area contributed by atoms with Gasteiger partial charge in [-0.2, -0.15) is 0 Å². The van der Waals surface area contributed by atoms with Gasteiger partial charge in [0.25, 0.3) is 0 Å². The van der Waals surface area contributed by atoms with E-state index in [2.05, 4.69) is 15.9 Å². The maximum absolute atomic E-state index is 12.4. The third kappa shape index (κ3) is 4.84. The maximum atomic E-state index is 12.4. The number of ether oxygens (including phenoxy) is 2. The summed E-state index contributed by atoms with van der Waals surface area (Å²) in [7, 11) is 3.27. The van der Waals surface area contributed by atoms with Crippen LogP contribution in [0.3, 0.4) is 0 Å². The zero-order valence-electron chi connectivity index (χ0n) is 21.7. The number of carbonyl (C=O) groups is 1. The van der Waals surface area contributed by atoms with Crippen LogP contribution in [0.15, 0.2) is 71.7 Å². The molecule has 0 bridgehead atoms. The fraction of sp³-hybridized carbons (Fsp3) is 0.310. The number of carboxylic acids is 1. The lowest BCUT2D eigenvalue weighted by molar-refractivity contribution is -0.141. The first-order valence-electron chi connectivity index (χ1n) is 12.6. The normalized spacial score (nSPS) is 17.9. The number of aliphatic imine (C=N–C) groups is 1. The molecule has 1 fully saturated rings. The number of nitrogens with zero attached hydrogens (tertiary/aromatic N) is 4. The van der Waals surface area contributed by atoms with Crippen molar-refractivity contribution in [3.8, 4) is 11.5 Å². The zero-order valence-corrected chi connectivity index (χ0v) is 22.4. The number of rotatable bonds is 6. The van der Waals surface area contributed by atoms with Crippen molar-refractivity contribution in [3.05, 3.63) is 77.3 Å². The molecule has 9 heteroatoms. The van der Waals surface area contributed by atoms with E-state index in [0.717, 1.165) is 35.8 Å². The number of carboxylic acid groups (broad SMARTS) is 1. The minimum Gasteiger partial charge on any atom is -0.497 e. The SMILES string of the molecule is COc1cccc(N2CCN(C3=Nc4ccccc4C(C(C)C(=O)O)N3c3cc(Cl)ccc3OC)CC2)c1. The molecule has 0 aliphatic carbocycles. The Morgan fingerprint density at radius 1 is 0.974 bits per heavy atom. The summed E-state index contributed by atoms with van der Waals surface area (Å²) in [4.78, 5) is 24.0. The Hall–Kier alpha value is -3.91. The highest BCUT2D eigenvalue weighted by molar-refractivity contribution is 6.31. The maximum Gasteiger partial charge on any atom is 0.308 e. The van der Waals surface area contributed by atoms with Crippen molar-refractivity contribution < 1.29 is 19.4 Å². The largest absolute Gasteiger partial charge is 0.497 e. The molecule has 1 saturated heterocycles. The predicted molar refractivity (Wildman–Crippen MR) is 150 cm³/mol. The van der Waals surface area contributed by atoms with Crippen molar-refractivity contribution in [2.24, 2.45) is 10.9 Å². The van der Waals surface area contributed by atoms with Crippen LogP contribution in [0.4, 0.5) is 17.1 Å². The molecule has 5 rings (SSSR count). The van der Waals surface area contributed by atoms with Crippen LogP contribution in [0.5, 0.6) is 11.5 Å². The number of hydrogen-bond acceptors (Lipinski definition) is 7. The second-order valence-corrected chi connectivity index (χ2v) is 9.84. The molecule has 198 valence electrons. The Morgan fingerprint density at radius 2 is 1.71 bits per heavy atom. The van der Waals surface area contributed by atoms with Gasteiger partial charge in [0.1, 0.15) is 11.5 Å². The number of guanidine groups is 1. The molecule has 38 heavy (non-hydrogen) atoms. The van der Waals surface area contributed by atoms with Gasteiger partial charge in [-0.3, -0.25) is 4.79 Å². The Balaban J connectivity index is 1.56. The van der Waals surface area contributed by atoms with E-state index in [0.29, 0.717) is 35.5 Å². The van der Waals surface area contributed by atoms with Crippen molar-refractivity contribution >= 4 is 40.6 Å². The third-order valence-electron chi connectivity index (χ3n) is 7.21. The monoisotopic (exact) mass is 534 g/mol. The molecule has 2 heterocycles. The number of fused-ring (bicyclic) bond motifs is 1. The highest BCUT2D eigenvalue weighted by atomic mass is 35.5. The molecule has 2 aliphatic heterocycles. The molecule has 0 amide bonds. The Bertz CT molecular complexity index is 1360. The van der Waals surface area contributed by atoms with E-state index in [1.165, 1.54) is 0 Å². The van der Waals surface area contributed by atoms with E-state index in [1.807, 2.05) is 53.4 Å². The van der Waals surface area contributed by atoms with Gasteiger partial charge in [0.2, 0.25) is 5.96 Å². The molecular formula is C29H31ClN4O4. The molecule has 1 N–H and O–H groups in total. The molecule has 0 aromatic heterocycles. The first-order valence-corrected chi connectivity index (χ1v) is 13.0. The van der Waals surface area contributed by atoms with E-state index in [9.17, 15) is 9.90 Å². The zero-order chi connectivity index (χ0) is 26.8. The van der Waals surface area contributed by atoms with Crippen molar-refractivity contribution in [3.63, 3.8) is 0 Å². The smallest absolute Gasteiger partial charge is 0.308 e. The summed E-state index contributed by atoms with van der Waals surface area (Å²) in [5.41, 5.74) is 3.41. The molecular weight excluding hydrogens is 504 g/mol. The van der Waals surface area contributed by atoms with Crippen LogP contribution >= 0.6 is 11.6 Å². The number of hydrogen-bond donors (Lipinski definition) is 1. The summed E-state index contributed by atoms with van der Waals surface area (Å²) in [6.07, 6.45) is 0. The lowest BCUT2D eigenvalue weighted by Crippen LogP contribution is -2.56. The quantitative estimate of drug-likeness (QED) is 0.450.